The van der Waals surface area contributed by atoms with Crippen LogP contribution in [-0.4, -0.2) is 204 Å². The first-order chi connectivity index (χ1) is 31.5. The van der Waals surface area contributed by atoms with Crippen LogP contribution in [0.25, 0.3) is 0 Å². The first-order valence-electron chi connectivity index (χ1n) is 24.3. The fourth-order valence-corrected chi connectivity index (χ4v) is 14.6. The van der Waals surface area contributed by atoms with E-state index in [0.717, 1.165) is 17.6 Å². The van der Waals surface area contributed by atoms with E-state index < -0.39 is 134 Å². The van der Waals surface area contributed by atoms with E-state index >= 15 is 0 Å². The summed E-state index contributed by atoms with van der Waals surface area (Å²) in [5.41, 5.74) is -0.899. The lowest BCUT2D eigenvalue weighted by atomic mass is 9.35. The SMILES string of the molecule is C[C@H]1O[C@@H](O[C@H]2CC[C@@]3(C)[C@@H](CC[C@]4(C)[C@@H]3C=CC3=C5C[C@](C)(CO)CC[C@]5(CO)[C@H](O)C[C@]34C)[C@]2(C)CO)[C@H](O)[C@@H](O[C@@H]2O[C@H](CO)[C@@H](O)[C@H](O)[C@H]2O[C@@H]2O[C@H](CO)[C@@H](O)[C@H](O)[C@H]2O)[C@H]1O. The van der Waals surface area contributed by atoms with E-state index in [-0.39, 0.29) is 47.9 Å². The van der Waals surface area contributed by atoms with E-state index in [0.29, 0.717) is 44.9 Å². The summed E-state index contributed by atoms with van der Waals surface area (Å²) in [5.74, 6) is -0.0620. The van der Waals surface area contributed by atoms with Gasteiger partial charge in [0, 0.05) is 22.9 Å². The number of hydrogen-bond donors (Lipinski definition) is 13. The number of fused-ring (bicyclic) bond motifs is 6. The highest BCUT2D eigenvalue weighted by molar-refractivity contribution is 5.47. The first kappa shape index (κ1) is 52.1. The highest BCUT2D eigenvalue weighted by atomic mass is 16.8. The van der Waals surface area contributed by atoms with Crippen LogP contribution in [0, 0.1) is 44.3 Å². The summed E-state index contributed by atoms with van der Waals surface area (Å²) in [6, 6.07) is 0. The monoisotopic (exact) mass is 959 g/mol. The second-order valence-corrected chi connectivity index (χ2v) is 22.9. The third-order valence-corrected chi connectivity index (χ3v) is 19.2. The van der Waals surface area contributed by atoms with Crippen molar-refractivity contribution in [2.75, 3.05) is 33.0 Å². The molecule has 3 aliphatic heterocycles. The molecular weight excluding hydrogens is 881 g/mol. The second kappa shape index (κ2) is 18.6. The Labute approximate surface area is 391 Å². The molecule has 13 N–H and O–H groups in total. The third-order valence-electron chi connectivity index (χ3n) is 19.2. The Hall–Kier alpha value is -1.28. The maximum Gasteiger partial charge on any atom is 0.187 e. The van der Waals surface area contributed by atoms with Gasteiger partial charge in [0.1, 0.15) is 67.1 Å². The lowest BCUT2D eigenvalue weighted by molar-refractivity contribution is -0.391. The summed E-state index contributed by atoms with van der Waals surface area (Å²) in [6.45, 7) is 10.5. The molecule has 0 aromatic carbocycles. The van der Waals surface area contributed by atoms with Gasteiger partial charge in [0.15, 0.2) is 18.9 Å². The zero-order chi connectivity index (χ0) is 49.0. The van der Waals surface area contributed by atoms with Gasteiger partial charge in [-0.2, -0.15) is 0 Å². The molecule has 3 heterocycles. The molecule has 0 radical (unpaired) electrons. The summed E-state index contributed by atoms with van der Waals surface area (Å²) in [5, 5.41) is 142. The minimum Gasteiger partial charge on any atom is -0.396 e. The van der Waals surface area contributed by atoms with E-state index in [2.05, 4.69) is 39.8 Å². The van der Waals surface area contributed by atoms with Crippen molar-refractivity contribution >= 4 is 0 Å². The van der Waals surface area contributed by atoms with Gasteiger partial charge in [-0.05, 0) is 91.9 Å². The van der Waals surface area contributed by atoms with Crippen LogP contribution in [0.2, 0.25) is 0 Å². The molecule has 67 heavy (non-hydrogen) atoms. The average Bonchev–Trinajstić information content (AvgIpc) is 3.30. The van der Waals surface area contributed by atoms with Crippen LogP contribution in [0.1, 0.15) is 92.9 Å². The molecule has 8 rings (SSSR count). The van der Waals surface area contributed by atoms with Gasteiger partial charge in [-0.3, -0.25) is 0 Å². The normalized spacial score (nSPS) is 55.6. The van der Waals surface area contributed by atoms with Crippen molar-refractivity contribution in [3.05, 3.63) is 23.3 Å². The predicted molar refractivity (Wildman–Crippen MR) is 233 cm³/mol. The Balaban J connectivity index is 1.04. The standard InChI is InChI=1S/C48H78O19/c1-22-31(55)38(66-42-39(35(59)33(57)26(18-50)64-42)67-40-36(60)34(58)32(56)25(17-49)63-40)37(61)41(62-22)65-30-10-11-44(3)27(45(30,4)20-52)9-12-46(5)28(44)8-7-23-24-15-43(2,19-51)13-14-48(24,21-53)29(54)16-47(23,46)6/h7-8,22,25-42,49-61H,9-21H2,1-6H3/t22-,25-,26-,27-,28-,29-,30+,31+,32-,33-,34+,35+,36-,37-,38+,39-,40+,41+,42+,43-,44+,45+,46-,47-,48-/m1/s1. The number of aliphatic hydroxyl groups is 13. The van der Waals surface area contributed by atoms with Crippen LogP contribution in [0.3, 0.4) is 0 Å². The van der Waals surface area contributed by atoms with Crippen molar-refractivity contribution in [1.82, 2.24) is 0 Å². The molecule has 0 spiro atoms. The molecule has 3 saturated heterocycles. The zero-order valence-electron chi connectivity index (χ0n) is 39.6. The summed E-state index contributed by atoms with van der Waals surface area (Å²) in [4.78, 5) is 0. The molecule has 3 saturated carbocycles. The zero-order valence-corrected chi connectivity index (χ0v) is 39.6. The van der Waals surface area contributed by atoms with E-state index in [1.54, 1.807) is 0 Å². The lowest BCUT2D eigenvalue weighted by Gasteiger charge is -2.70. The molecule has 384 valence electrons. The van der Waals surface area contributed by atoms with Crippen LogP contribution < -0.4 is 0 Å². The van der Waals surface area contributed by atoms with Crippen LogP contribution in [0.5, 0.6) is 0 Å². The Morgan fingerprint density at radius 2 is 1.24 bits per heavy atom. The summed E-state index contributed by atoms with van der Waals surface area (Å²) in [7, 11) is 0. The molecule has 19 heteroatoms. The van der Waals surface area contributed by atoms with Crippen molar-refractivity contribution in [3.8, 4) is 0 Å². The van der Waals surface area contributed by atoms with Gasteiger partial charge in [0.25, 0.3) is 0 Å². The summed E-state index contributed by atoms with van der Waals surface area (Å²) >= 11 is 0. The predicted octanol–water partition coefficient (Wildman–Crippen LogP) is -1.52. The van der Waals surface area contributed by atoms with Crippen LogP contribution in [0.4, 0.5) is 0 Å². The molecule has 5 aliphatic carbocycles. The molecule has 0 aromatic heterocycles. The van der Waals surface area contributed by atoms with E-state index in [9.17, 15) is 66.4 Å². The minimum atomic E-state index is -1.91. The molecular formula is C48H78O19. The van der Waals surface area contributed by atoms with Gasteiger partial charge in [0.2, 0.25) is 0 Å². The number of allylic oxidation sites excluding steroid dienone is 3. The largest absolute Gasteiger partial charge is 0.396 e. The molecule has 0 bridgehead atoms. The second-order valence-electron chi connectivity index (χ2n) is 22.9. The number of ether oxygens (including phenoxy) is 6. The van der Waals surface area contributed by atoms with Crippen LogP contribution in [-0.2, 0) is 28.4 Å². The fourth-order valence-electron chi connectivity index (χ4n) is 14.6. The van der Waals surface area contributed by atoms with E-state index in [1.807, 2.05) is 6.92 Å². The maximum atomic E-state index is 12.1. The fraction of sp³-hybridized carbons (Fsp3) is 0.917. The minimum absolute atomic E-state index is 0.0135. The molecule has 6 fully saturated rings. The van der Waals surface area contributed by atoms with Gasteiger partial charge < -0.3 is 94.8 Å². The van der Waals surface area contributed by atoms with Gasteiger partial charge in [-0.15, -0.1) is 0 Å². The van der Waals surface area contributed by atoms with Crippen molar-refractivity contribution < 1.29 is 94.8 Å². The van der Waals surface area contributed by atoms with Crippen LogP contribution >= 0.6 is 0 Å². The topological polar surface area (TPSA) is 318 Å². The van der Waals surface area contributed by atoms with Gasteiger partial charge in [0.05, 0.1) is 44.7 Å². The molecule has 0 amide bonds. The summed E-state index contributed by atoms with van der Waals surface area (Å²) in [6.07, 6.45) is -16.5. The highest BCUT2D eigenvalue weighted by Crippen LogP contribution is 2.74. The Morgan fingerprint density at radius 1 is 0.612 bits per heavy atom. The smallest absolute Gasteiger partial charge is 0.187 e. The van der Waals surface area contributed by atoms with Gasteiger partial charge in [-0.25, -0.2) is 0 Å². The van der Waals surface area contributed by atoms with E-state index in [4.69, 9.17) is 28.4 Å². The maximum absolute atomic E-state index is 12.1. The average molecular weight is 959 g/mol. The quantitative estimate of drug-likeness (QED) is 0.105. The molecule has 0 aromatic rings. The number of hydrogen-bond acceptors (Lipinski definition) is 19. The number of aliphatic hydroxyl groups excluding tert-OH is 13. The highest BCUT2D eigenvalue weighted by Gasteiger charge is 2.69. The Morgan fingerprint density at radius 3 is 1.87 bits per heavy atom. The molecule has 19 nitrogen and oxygen atoms in total. The Kier molecular flexibility index (Phi) is 14.5. The van der Waals surface area contributed by atoms with Crippen LogP contribution in [0.15, 0.2) is 23.3 Å². The van der Waals surface area contributed by atoms with Crippen molar-refractivity contribution in [2.24, 2.45) is 44.3 Å². The van der Waals surface area contributed by atoms with Gasteiger partial charge in [-0.1, -0.05) is 52.3 Å². The van der Waals surface area contributed by atoms with Crippen molar-refractivity contribution in [3.63, 3.8) is 0 Å². The molecule has 0 unspecified atom stereocenters. The lowest BCUT2D eigenvalue weighted by Crippen LogP contribution is -2.67. The van der Waals surface area contributed by atoms with Gasteiger partial charge >= 0.3 is 0 Å². The molecule has 25 atom stereocenters. The molecule has 8 aliphatic rings. The van der Waals surface area contributed by atoms with E-state index in [1.165, 1.54) is 6.92 Å². The first-order valence-corrected chi connectivity index (χ1v) is 24.3. The van der Waals surface area contributed by atoms with Crippen molar-refractivity contribution in [1.29, 1.82) is 0 Å². The Bertz CT molecular complexity index is 1840. The number of rotatable bonds is 11. The summed E-state index contributed by atoms with van der Waals surface area (Å²) < 4.78 is 36.1. The third kappa shape index (κ3) is 7.97. The van der Waals surface area contributed by atoms with Crippen molar-refractivity contribution in [2.45, 2.75) is 197 Å².